The van der Waals surface area contributed by atoms with Gasteiger partial charge in [0.25, 0.3) is 0 Å². The largest absolute Gasteiger partial charge is 0.416 e. The molecule has 2 aromatic carbocycles. The Balaban J connectivity index is 2.20. The summed E-state index contributed by atoms with van der Waals surface area (Å²) in [6, 6.07) is 14.5. The van der Waals surface area contributed by atoms with Crippen LogP contribution in [-0.4, -0.2) is 0 Å². The van der Waals surface area contributed by atoms with Gasteiger partial charge >= 0.3 is 6.18 Å². The van der Waals surface area contributed by atoms with Crippen molar-refractivity contribution in [2.75, 3.05) is 0 Å². The molecule has 1 nitrogen and oxygen atoms in total. The molecule has 0 N–H and O–H groups in total. The third kappa shape index (κ3) is 3.96. The van der Waals surface area contributed by atoms with Crippen molar-refractivity contribution in [1.29, 1.82) is 5.26 Å². The predicted molar refractivity (Wildman–Crippen MR) is 76.1 cm³/mol. The van der Waals surface area contributed by atoms with Crippen molar-refractivity contribution >= 4 is 12.2 Å². The van der Waals surface area contributed by atoms with E-state index in [1.165, 1.54) is 12.1 Å². The number of nitriles is 1. The van der Waals surface area contributed by atoms with Crippen LogP contribution in [0.4, 0.5) is 13.2 Å². The SMILES string of the molecule is N#CCc1ccccc1/C=C/c1ccc(C(F)(F)F)cc1. The molecule has 0 aliphatic rings. The highest BCUT2D eigenvalue weighted by atomic mass is 19.4. The molecule has 4 heteroatoms. The summed E-state index contributed by atoms with van der Waals surface area (Å²) in [5, 5.41) is 8.76. The lowest BCUT2D eigenvalue weighted by atomic mass is 10.0. The molecule has 0 bridgehead atoms. The van der Waals surface area contributed by atoms with E-state index in [9.17, 15) is 13.2 Å². The van der Waals surface area contributed by atoms with Gasteiger partial charge in [-0.1, -0.05) is 48.6 Å². The minimum absolute atomic E-state index is 0.299. The van der Waals surface area contributed by atoms with Gasteiger partial charge in [0.1, 0.15) is 0 Å². The van der Waals surface area contributed by atoms with Crippen LogP contribution in [0.3, 0.4) is 0 Å². The molecule has 21 heavy (non-hydrogen) atoms. The highest BCUT2D eigenvalue weighted by Gasteiger charge is 2.29. The molecule has 106 valence electrons. The Morgan fingerprint density at radius 3 is 2.24 bits per heavy atom. The Kier molecular flexibility index (Phi) is 4.44. The first-order valence-electron chi connectivity index (χ1n) is 6.31. The predicted octanol–water partition coefficient (Wildman–Crippen LogP) is 4.94. The van der Waals surface area contributed by atoms with Crippen LogP contribution in [0.25, 0.3) is 12.2 Å². The number of hydrogen-bond donors (Lipinski definition) is 0. The van der Waals surface area contributed by atoms with Gasteiger partial charge in [-0.05, 0) is 28.8 Å². The molecular weight excluding hydrogens is 275 g/mol. The van der Waals surface area contributed by atoms with Crippen LogP contribution in [0.2, 0.25) is 0 Å². The summed E-state index contributed by atoms with van der Waals surface area (Å²) in [6.45, 7) is 0. The summed E-state index contributed by atoms with van der Waals surface area (Å²) in [4.78, 5) is 0. The smallest absolute Gasteiger partial charge is 0.198 e. The molecule has 0 radical (unpaired) electrons. The van der Waals surface area contributed by atoms with Crippen LogP contribution in [0.15, 0.2) is 48.5 Å². The molecule has 0 fully saturated rings. The molecule has 2 aromatic rings. The minimum Gasteiger partial charge on any atom is -0.198 e. The fourth-order valence-corrected chi connectivity index (χ4v) is 1.91. The Morgan fingerprint density at radius 2 is 1.62 bits per heavy atom. The molecule has 0 unspecified atom stereocenters. The maximum Gasteiger partial charge on any atom is 0.416 e. The van der Waals surface area contributed by atoms with Crippen molar-refractivity contribution in [3.05, 3.63) is 70.8 Å². The first-order valence-corrected chi connectivity index (χ1v) is 6.31. The van der Waals surface area contributed by atoms with Crippen LogP contribution in [0.5, 0.6) is 0 Å². The number of alkyl halides is 3. The van der Waals surface area contributed by atoms with E-state index in [0.717, 1.165) is 23.3 Å². The van der Waals surface area contributed by atoms with E-state index >= 15 is 0 Å². The summed E-state index contributed by atoms with van der Waals surface area (Å²) in [5.74, 6) is 0. The van der Waals surface area contributed by atoms with E-state index in [1.807, 2.05) is 24.3 Å². The van der Waals surface area contributed by atoms with Crippen LogP contribution in [0, 0.1) is 11.3 Å². The maximum atomic E-state index is 12.5. The van der Waals surface area contributed by atoms with Crippen molar-refractivity contribution in [3.63, 3.8) is 0 Å². The monoisotopic (exact) mass is 287 g/mol. The van der Waals surface area contributed by atoms with Crippen molar-refractivity contribution in [3.8, 4) is 6.07 Å². The van der Waals surface area contributed by atoms with Gasteiger partial charge in [-0.2, -0.15) is 18.4 Å². The summed E-state index contributed by atoms with van der Waals surface area (Å²) >= 11 is 0. The summed E-state index contributed by atoms with van der Waals surface area (Å²) in [6.07, 6.45) is -0.485. The molecular formula is C17H12F3N. The first-order chi connectivity index (χ1) is 10.0. The lowest BCUT2D eigenvalue weighted by molar-refractivity contribution is -0.137. The summed E-state index contributed by atoms with van der Waals surface area (Å²) in [5.41, 5.74) is 1.79. The van der Waals surface area contributed by atoms with Gasteiger partial charge < -0.3 is 0 Å². The van der Waals surface area contributed by atoms with Gasteiger partial charge in [0.2, 0.25) is 0 Å². The van der Waals surface area contributed by atoms with Gasteiger partial charge in [0.15, 0.2) is 0 Å². The van der Waals surface area contributed by atoms with Crippen LogP contribution < -0.4 is 0 Å². The quantitative estimate of drug-likeness (QED) is 0.733. The number of halogens is 3. The molecule has 0 spiro atoms. The van der Waals surface area contributed by atoms with Crippen molar-refractivity contribution in [1.82, 2.24) is 0 Å². The molecule has 0 aromatic heterocycles. The topological polar surface area (TPSA) is 23.8 Å². The van der Waals surface area contributed by atoms with E-state index in [4.69, 9.17) is 5.26 Å². The van der Waals surface area contributed by atoms with Gasteiger partial charge in [0, 0.05) is 0 Å². The average Bonchev–Trinajstić information content (AvgIpc) is 2.46. The highest BCUT2D eigenvalue weighted by molar-refractivity contribution is 5.71. The first kappa shape index (κ1) is 14.9. The standard InChI is InChI=1S/C17H12F3N/c18-17(19,20)16-9-6-13(7-10-16)5-8-14-3-1-2-4-15(14)11-12-21/h1-10H,11H2/b8-5+. The van der Waals surface area contributed by atoms with Crippen molar-refractivity contribution in [2.45, 2.75) is 12.6 Å². The van der Waals surface area contributed by atoms with E-state index in [1.54, 1.807) is 12.2 Å². The molecule has 0 aliphatic carbocycles. The van der Waals surface area contributed by atoms with Crippen LogP contribution in [-0.2, 0) is 12.6 Å². The molecule has 0 aliphatic heterocycles. The van der Waals surface area contributed by atoms with Gasteiger partial charge in [-0.15, -0.1) is 0 Å². The Labute approximate surface area is 121 Å². The van der Waals surface area contributed by atoms with Crippen molar-refractivity contribution in [2.24, 2.45) is 0 Å². The number of nitrogens with zero attached hydrogens (tertiary/aromatic N) is 1. The van der Waals surface area contributed by atoms with Gasteiger partial charge in [0.05, 0.1) is 18.1 Å². The van der Waals surface area contributed by atoms with E-state index in [-0.39, 0.29) is 0 Å². The summed E-state index contributed by atoms with van der Waals surface area (Å²) in [7, 11) is 0. The second kappa shape index (κ2) is 6.27. The Bertz CT molecular complexity index is 676. The second-order valence-corrected chi connectivity index (χ2v) is 4.49. The van der Waals surface area contributed by atoms with Gasteiger partial charge in [-0.3, -0.25) is 0 Å². The highest BCUT2D eigenvalue weighted by Crippen LogP contribution is 2.29. The zero-order valence-corrected chi connectivity index (χ0v) is 11.1. The fourth-order valence-electron chi connectivity index (χ4n) is 1.91. The molecule has 0 amide bonds. The third-order valence-electron chi connectivity index (χ3n) is 3.02. The minimum atomic E-state index is -4.32. The lowest BCUT2D eigenvalue weighted by Gasteiger charge is -2.06. The molecule has 0 saturated carbocycles. The number of hydrogen-bond acceptors (Lipinski definition) is 1. The van der Waals surface area contributed by atoms with Gasteiger partial charge in [-0.25, -0.2) is 0 Å². The van der Waals surface area contributed by atoms with E-state index in [2.05, 4.69) is 6.07 Å². The zero-order chi connectivity index (χ0) is 15.3. The maximum absolute atomic E-state index is 12.5. The Hall–Kier alpha value is -2.54. The molecule has 2 rings (SSSR count). The molecule has 0 heterocycles. The fraction of sp³-hybridized carbons (Fsp3) is 0.118. The Morgan fingerprint density at radius 1 is 0.952 bits per heavy atom. The number of rotatable bonds is 3. The zero-order valence-electron chi connectivity index (χ0n) is 11.1. The van der Waals surface area contributed by atoms with E-state index < -0.39 is 11.7 Å². The lowest BCUT2D eigenvalue weighted by Crippen LogP contribution is -2.03. The molecule has 0 saturated heterocycles. The van der Waals surface area contributed by atoms with E-state index in [0.29, 0.717) is 12.0 Å². The normalized spacial score (nSPS) is 11.5. The number of benzene rings is 2. The third-order valence-corrected chi connectivity index (χ3v) is 3.02. The van der Waals surface area contributed by atoms with Crippen molar-refractivity contribution < 1.29 is 13.2 Å². The average molecular weight is 287 g/mol. The second-order valence-electron chi connectivity index (χ2n) is 4.49. The molecule has 0 atom stereocenters. The summed E-state index contributed by atoms with van der Waals surface area (Å²) < 4.78 is 37.4. The van der Waals surface area contributed by atoms with Crippen LogP contribution in [0.1, 0.15) is 22.3 Å². The van der Waals surface area contributed by atoms with Crippen LogP contribution >= 0.6 is 0 Å².